The zero-order valence-electron chi connectivity index (χ0n) is 11.9. The molecule has 1 heterocycles. The first-order chi connectivity index (χ1) is 10.1. The van der Waals surface area contributed by atoms with Crippen LogP contribution in [0.25, 0.3) is 0 Å². The summed E-state index contributed by atoms with van der Waals surface area (Å²) >= 11 is 1.61. The number of rotatable bonds is 5. The Labute approximate surface area is 127 Å². The van der Waals surface area contributed by atoms with E-state index in [9.17, 15) is 14.0 Å². The van der Waals surface area contributed by atoms with Crippen molar-refractivity contribution in [3.8, 4) is 0 Å². The molecule has 2 rings (SSSR count). The number of ether oxygens (including phenoxy) is 1. The summed E-state index contributed by atoms with van der Waals surface area (Å²) < 4.78 is 18.1. The molecule has 0 spiro atoms. The molecule has 0 saturated carbocycles. The number of benzene rings is 1. The third-order valence-electron chi connectivity index (χ3n) is 3.19. The predicted molar refractivity (Wildman–Crippen MR) is 79.2 cm³/mol. The van der Waals surface area contributed by atoms with Gasteiger partial charge in [-0.25, -0.2) is 4.39 Å². The molecule has 0 aliphatic carbocycles. The lowest BCUT2D eigenvalue weighted by Crippen LogP contribution is -2.30. The molecule has 0 aromatic heterocycles. The average molecular weight is 311 g/mol. The van der Waals surface area contributed by atoms with E-state index in [0.717, 1.165) is 11.3 Å². The van der Waals surface area contributed by atoms with Gasteiger partial charge in [0, 0.05) is 18.7 Å². The number of esters is 1. The molecule has 0 bridgehead atoms. The third-order valence-corrected chi connectivity index (χ3v) is 4.45. The maximum Gasteiger partial charge on any atom is 0.306 e. The summed E-state index contributed by atoms with van der Waals surface area (Å²) in [6.07, 6.45) is 0.217. The Kier molecular flexibility index (Phi) is 5.61. The molecule has 0 radical (unpaired) electrons. The van der Waals surface area contributed by atoms with Crippen LogP contribution < -0.4 is 0 Å². The van der Waals surface area contributed by atoms with Gasteiger partial charge in [0.25, 0.3) is 0 Å². The number of amides is 1. The summed E-state index contributed by atoms with van der Waals surface area (Å²) in [7, 11) is 0. The number of carbonyl (C=O) groups excluding carboxylic acids is 2. The van der Waals surface area contributed by atoms with Crippen molar-refractivity contribution in [2.24, 2.45) is 0 Å². The summed E-state index contributed by atoms with van der Waals surface area (Å²) in [4.78, 5) is 25.3. The topological polar surface area (TPSA) is 46.6 Å². The fourth-order valence-corrected chi connectivity index (χ4v) is 3.51. The Morgan fingerprint density at radius 1 is 1.43 bits per heavy atom. The Morgan fingerprint density at radius 2 is 2.24 bits per heavy atom. The normalized spacial score (nSPS) is 17.8. The molecule has 1 aromatic carbocycles. The van der Waals surface area contributed by atoms with E-state index in [1.54, 1.807) is 29.7 Å². The number of thioether (sulfide) groups is 1. The minimum absolute atomic E-state index is 0.0870. The molecule has 1 aliphatic heterocycles. The molecular formula is C15H18FNO3S. The Balaban J connectivity index is 1.98. The van der Waals surface area contributed by atoms with Gasteiger partial charge < -0.3 is 9.64 Å². The lowest BCUT2D eigenvalue weighted by atomic mass is 10.2. The van der Waals surface area contributed by atoms with Gasteiger partial charge in [-0.3, -0.25) is 9.59 Å². The van der Waals surface area contributed by atoms with Gasteiger partial charge in [0.1, 0.15) is 11.2 Å². The molecule has 1 atom stereocenters. The highest BCUT2D eigenvalue weighted by Gasteiger charge is 2.30. The highest BCUT2D eigenvalue weighted by atomic mass is 32.2. The van der Waals surface area contributed by atoms with Crippen LogP contribution in [0, 0.1) is 5.82 Å². The Hall–Kier alpha value is -1.56. The highest BCUT2D eigenvalue weighted by molar-refractivity contribution is 7.99. The maximum absolute atomic E-state index is 13.3. The standard InChI is InChI=1S/C15H18FNO3S/c1-2-20-14(19)7-6-13(18)17-8-9-21-15(17)11-4-3-5-12(16)10-11/h3-5,10,15H,2,6-9H2,1H3/t15-/m1/s1. The molecule has 6 heteroatoms. The van der Waals surface area contributed by atoms with E-state index in [1.807, 2.05) is 6.07 Å². The van der Waals surface area contributed by atoms with Crippen molar-refractivity contribution in [2.45, 2.75) is 25.1 Å². The molecule has 21 heavy (non-hydrogen) atoms. The minimum atomic E-state index is -0.361. The zero-order valence-corrected chi connectivity index (χ0v) is 12.7. The van der Waals surface area contributed by atoms with Crippen LogP contribution in [0.15, 0.2) is 24.3 Å². The quantitative estimate of drug-likeness (QED) is 0.785. The van der Waals surface area contributed by atoms with E-state index >= 15 is 0 Å². The first-order valence-electron chi connectivity index (χ1n) is 6.94. The predicted octanol–water partition coefficient (Wildman–Crippen LogP) is 2.74. The molecule has 4 nitrogen and oxygen atoms in total. The van der Waals surface area contributed by atoms with Gasteiger partial charge in [-0.2, -0.15) is 0 Å². The molecular weight excluding hydrogens is 293 g/mol. The lowest BCUT2D eigenvalue weighted by molar-refractivity contribution is -0.145. The van der Waals surface area contributed by atoms with E-state index in [0.29, 0.717) is 13.2 Å². The molecule has 0 unspecified atom stereocenters. The summed E-state index contributed by atoms with van der Waals surface area (Å²) in [6.45, 7) is 2.67. The van der Waals surface area contributed by atoms with E-state index < -0.39 is 0 Å². The van der Waals surface area contributed by atoms with Crippen LogP contribution in [0.5, 0.6) is 0 Å². The SMILES string of the molecule is CCOC(=O)CCC(=O)N1CCS[C@@H]1c1cccc(F)c1. The van der Waals surface area contributed by atoms with Crippen LogP contribution in [0.2, 0.25) is 0 Å². The molecule has 0 N–H and O–H groups in total. The van der Waals surface area contributed by atoms with Crippen LogP contribution in [-0.2, 0) is 14.3 Å². The Bertz CT molecular complexity index is 523. The van der Waals surface area contributed by atoms with Gasteiger partial charge in [0.15, 0.2) is 0 Å². The Morgan fingerprint density at radius 3 is 2.95 bits per heavy atom. The summed E-state index contributed by atoms with van der Waals surface area (Å²) in [5, 5.41) is -0.171. The fourth-order valence-electron chi connectivity index (χ4n) is 2.25. The molecule has 1 aromatic rings. The van der Waals surface area contributed by atoms with Crippen LogP contribution in [-0.4, -0.2) is 35.7 Å². The lowest BCUT2D eigenvalue weighted by Gasteiger charge is -2.24. The van der Waals surface area contributed by atoms with Gasteiger partial charge in [-0.05, 0) is 24.6 Å². The van der Waals surface area contributed by atoms with Crippen molar-refractivity contribution in [1.29, 1.82) is 0 Å². The van der Waals surface area contributed by atoms with Gasteiger partial charge in [-0.1, -0.05) is 12.1 Å². The van der Waals surface area contributed by atoms with E-state index in [4.69, 9.17) is 4.74 Å². The average Bonchev–Trinajstić information content (AvgIpc) is 2.94. The number of carbonyl (C=O) groups is 2. The molecule has 1 amide bonds. The van der Waals surface area contributed by atoms with Gasteiger partial charge in [-0.15, -0.1) is 11.8 Å². The molecule has 1 saturated heterocycles. The van der Waals surface area contributed by atoms with Crippen LogP contribution >= 0.6 is 11.8 Å². The van der Waals surface area contributed by atoms with Crippen LogP contribution in [0.3, 0.4) is 0 Å². The monoisotopic (exact) mass is 311 g/mol. The third kappa shape index (κ3) is 4.20. The fraction of sp³-hybridized carbons (Fsp3) is 0.467. The smallest absolute Gasteiger partial charge is 0.306 e. The minimum Gasteiger partial charge on any atom is -0.466 e. The van der Waals surface area contributed by atoms with Crippen molar-refractivity contribution >= 4 is 23.6 Å². The van der Waals surface area contributed by atoms with Crippen molar-refractivity contribution in [2.75, 3.05) is 18.9 Å². The summed E-state index contributed by atoms with van der Waals surface area (Å²) in [5.41, 5.74) is 0.780. The maximum atomic E-state index is 13.3. The number of hydrogen-bond donors (Lipinski definition) is 0. The van der Waals surface area contributed by atoms with Gasteiger partial charge in [0.2, 0.25) is 5.91 Å². The van der Waals surface area contributed by atoms with Crippen molar-refractivity contribution in [1.82, 2.24) is 4.90 Å². The van der Waals surface area contributed by atoms with Gasteiger partial charge >= 0.3 is 5.97 Å². The van der Waals surface area contributed by atoms with Crippen LogP contribution in [0.1, 0.15) is 30.7 Å². The second-order valence-corrected chi connectivity index (χ2v) is 5.86. The van der Waals surface area contributed by atoms with Crippen molar-refractivity contribution in [3.05, 3.63) is 35.6 Å². The second kappa shape index (κ2) is 7.45. The number of nitrogens with zero attached hydrogens (tertiary/aromatic N) is 1. The summed E-state index contributed by atoms with van der Waals surface area (Å²) in [5.74, 6) is 0.0491. The highest BCUT2D eigenvalue weighted by Crippen LogP contribution is 2.38. The van der Waals surface area contributed by atoms with Crippen molar-refractivity contribution < 1.29 is 18.7 Å². The second-order valence-electron chi connectivity index (χ2n) is 4.67. The summed E-state index contributed by atoms with van der Waals surface area (Å²) in [6, 6.07) is 6.30. The van der Waals surface area contributed by atoms with Crippen molar-refractivity contribution in [3.63, 3.8) is 0 Å². The molecule has 1 fully saturated rings. The molecule has 114 valence electrons. The number of hydrogen-bond acceptors (Lipinski definition) is 4. The first kappa shape index (κ1) is 15.8. The van der Waals surface area contributed by atoms with Gasteiger partial charge in [0.05, 0.1) is 13.0 Å². The van der Waals surface area contributed by atoms with E-state index in [-0.39, 0.29) is 35.9 Å². The number of halogens is 1. The first-order valence-corrected chi connectivity index (χ1v) is 7.99. The largest absolute Gasteiger partial charge is 0.466 e. The zero-order chi connectivity index (χ0) is 15.2. The molecule has 1 aliphatic rings. The van der Waals surface area contributed by atoms with E-state index in [1.165, 1.54) is 12.1 Å². The van der Waals surface area contributed by atoms with E-state index in [2.05, 4.69) is 0 Å². The van der Waals surface area contributed by atoms with Crippen LogP contribution in [0.4, 0.5) is 4.39 Å².